The summed E-state index contributed by atoms with van der Waals surface area (Å²) in [7, 11) is -1.14. The van der Waals surface area contributed by atoms with Gasteiger partial charge >= 0.3 is 0 Å². The maximum absolute atomic E-state index is 12.3. The lowest BCUT2D eigenvalue weighted by Crippen LogP contribution is -2.50. The number of carbonyl (C=O) groups excluding carboxylic acids is 1. The molecule has 1 saturated heterocycles. The molecule has 0 aliphatic carbocycles. The Bertz CT molecular complexity index is 2320. The molecule has 1 fully saturated rings. The van der Waals surface area contributed by atoms with Crippen molar-refractivity contribution in [3.8, 4) is 17.6 Å². The van der Waals surface area contributed by atoms with Crippen LogP contribution in [-0.4, -0.2) is 96.2 Å². The molecular formula is C48H64N7O8PSi. The number of benzene rings is 3. The van der Waals surface area contributed by atoms with Crippen molar-refractivity contribution in [2.24, 2.45) is 0 Å². The van der Waals surface area contributed by atoms with Crippen LogP contribution >= 0.6 is 8.53 Å². The van der Waals surface area contributed by atoms with E-state index in [2.05, 4.69) is 99.7 Å². The highest BCUT2D eigenvalue weighted by molar-refractivity contribution is 7.44. The Morgan fingerprint density at radius 1 is 0.892 bits per heavy atom. The molecule has 6 rings (SSSR count). The lowest BCUT2D eigenvalue weighted by atomic mass is 9.80. The molecule has 1 amide bonds. The number of fused-ring (bicyclic) bond motifs is 1. The zero-order valence-corrected chi connectivity index (χ0v) is 41.5. The van der Waals surface area contributed by atoms with E-state index in [4.69, 9.17) is 37.4 Å². The van der Waals surface area contributed by atoms with Gasteiger partial charge < -0.3 is 37.7 Å². The number of hydrogen-bond donors (Lipinski definition) is 1. The van der Waals surface area contributed by atoms with Gasteiger partial charge in [-0.2, -0.15) is 5.26 Å². The lowest BCUT2D eigenvalue weighted by Gasteiger charge is -2.42. The fourth-order valence-electron chi connectivity index (χ4n) is 7.81. The van der Waals surface area contributed by atoms with Crippen molar-refractivity contribution in [1.29, 1.82) is 5.26 Å². The second-order valence-corrected chi connectivity index (χ2v) is 24.2. The molecule has 15 nitrogen and oxygen atoms in total. The van der Waals surface area contributed by atoms with Gasteiger partial charge in [-0.05, 0) is 86.8 Å². The van der Waals surface area contributed by atoms with Crippen molar-refractivity contribution in [1.82, 2.24) is 24.2 Å². The van der Waals surface area contributed by atoms with Gasteiger partial charge in [-0.1, -0.05) is 75.4 Å². The number of nitrogens with zero attached hydrogens (tertiary/aromatic N) is 6. The van der Waals surface area contributed by atoms with E-state index in [-0.39, 0.29) is 48.5 Å². The summed E-state index contributed by atoms with van der Waals surface area (Å²) in [6.45, 7) is 21.0. The molecular weight excluding hydrogens is 863 g/mol. The smallest absolute Gasteiger partial charge is 0.259 e. The molecule has 0 radical (unpaired) electrons. The van der Waals surface area contributed by atoms with Gasteiger partial charge in [0.15, 0.2) is 31.5 Å². The normalized spacial score (nSPS) is 18.6. The van der Waals surface area contributed by atoms with Crippen LogP contribution in [0.1, 0.15) is 84.7 Å². The van der Waals surface area contributed by atoms with Gasteiger partial charge in [0.2, 0.25) is 5.91 Å². The molecule has 1 aliphatic rings. The number of ether oxygens (including phenoxy) is 4. The van der Waals surface area contributed by atoms with Crippen molar-refractivity contribution < 1.29 is 37.2 Å². The van der Waals surface area contributed by atoms with Crippen molar-refractivity contribution in [2.75, 3.05) is 32.8 Å². The molecule has 0 saturated carbocycles. The van der Waals surface area contributed by atoms with Crippen LogP contribution in [0.2, 0.25) is 18.1 Å². The molecule has 5 atom stereocenters. The highest BCUT2D eigenvalue weighted by Gasteiger charge is 2.54. The maximum Gasteiger partial charge on any atom is 0.259 e. The summed E-state index contributed by atoms with van der Waals surface area (Å²) in [5, 5.41) is 12.2. The SMILES string of the molecule is COc1ccc(C(OC[C@H]2O[C@@H](n3cnc4c(NC(C)=O)[15n]cnc43)[C@H](O[Si](C)(C)C(C)(C)C)[C@@H]2OP(OCCC#N)N(C(C)C)C(C)C)(c2ccccc2)c2ccc(OC)cc2)cc1. The van der Waals surface area contributed by atoms with Crippen LogP contribution in [0.3, 0.4) is 0 Å². The van der Waals surface area contributed by atoms with Crippen LogP contribution in [0, 0.1) is 11.3 Å². The lowest BCUT2D eigenvalue weighted by molar-refractivity contribution is -0.114. The van der Waals surface area contributed by atoms with Gasteiger partial charge in [0.1, 0.15) is 41.7 Å². The van der Waals surface area contributed by atoms with E-state index in [0.29, 0.717) is 22.7 Å². The van der Waals surface area contributed by atoms with E-state index in [1.807, 2.05) is 71.3 Å². The second kappa shape index (κ2) is 21.2. The number of anilines is 1. The van der Waals surface area contributed by atoms with E-state index >= 15 is 0 Å². The number of rotatable bonds is 20. The minimum atomic E-state index is -2.62. The number of aromatic nitrogens is 4. The number of amides is 1. The third-order valence-corrected chi connectivity index (χ3v) is 18.6. The van der Waals surface area contributed by atoms with Crippen LogP contribution in [0.5, 0.6) is 11.5 Å². The fraction of sp³-hybridized carbons (Fsp3) is 0.479. The fourth-order valence-corrected chi connectivity index (χ4v) is 10.9. The maximum atomic E-state index is 12.3. The van der Waals surface area contributed by atoms with E-state index in [1.165, 1.54) is 13.3 Å². The van der Waals surface area contributed by atoms with Crippen LogP contribution < -0.4 is 14.8 Å². The molecule has 3 heterocycles. The van der Waals surface area contributed by atoms with Crippen molar-refractivity contribution >= 4 is 39.7 Å². The molecule has 1 aliphatic heterocycles. The molecule has 0 bridgehead atoms. The summed E-state index contributed by atoms with van der Waals surface area (Å²) in [5.74, 6) is 1.39. The van der Waals surface area contributed by atoms with Crippen molar-refractivity contribution in [3.63, 3.8) is 0 Å². The Balaban J connectivity index is 1.57. The number of hydrogen-bond acceptors (Lipinski definition) is 13. The predicted octanol–water partition coefficient (Wildman–Crippen LogP) is 9.76. The van der Waals surface area contributed by atoms with Crippen LogP contribution in [0.4, 0.5) is 5.82 Å². The predicted molar refractivity (Wildman–Crippen MR) is 254 cm³/mol. The van der Waals surface area contributed by atoms with Crippen molar-refractivity contribution in [3.05, 3.63) is 108 Å². The first kappa shape index (κ1) is 49.6. The quantitative estimate of drug-likeness (QED) is 0.0340. The molecule has 3 aromatic carbocycles. The Morgan fingerprint density at radius 2 is 1.48 bits per heavy atom. The van der Waals surface area contributed by atoms with Crippen LogP contribution in [0.15, 0.2) is 91.5 Å². The number of imidazole rings is 1. The molecule has 348 valence electrons. The number of carbonyl (C=O) groups is 1. The molecule has 0 spiro atoms. The average Bonchev–Trinajstić information content (AvgIpc) is 3.85. The second-order valence-electron chi connectivity index (χ2n) is 18.1. The first-order chi connectivity index (χ1) is 30.9. The van der Waals surface area contributed by atoms with E-state index < -0.39 is 47.0 Å². The summed E-state index contributed by atoms with van der Waals surface area (Å²) in [5.41, 5.74) is 2.24. The zero-order valence-electron chi connectivity index (χ0n) is 39.6. The Hall–Kier alpha value is -4.82. The van der Waals surface area contributed by atoms with Gasteiger partial charge in [-0.25, -0.2) is 19.6 Å². The molecule has 5 aromatic rings. The molecule has 1 N–H and O–H groups in total. The van der Waals surface area contributed by atoms with Gasteiger partial charge in [0.25, 0.3) is 8.53 Å². The highest BCUT2D eigenvalue weighted by Crippen LogP contribution is 2.53. The van der Waals surface area contributed by atoms with E-state index in [0.717, 1.165) is 16.7 Å². The van der Waals surface area contributed by atoms with E-state index in [1.54, 1.807) is 20.5 Å². The molecule has 1 unspecified atom stereocenters. The molecule has 65 heavy (non-hydrogen) atoms. The Morgan fingerprint density at radius 3 is 2.00 bits per heavy atom. The number of nitriles is 1. The van der Waals surface area contributed by atoms with Crippen LogP contribution in [-0.2, 0) is 33.3 Å². The third kappa shape index (κ3) is 10.9. The largest absolute Gasteiger partial charge is 0.497 e. The minimum absolute atomic E-state index is 0.00889. The van der Waals surface area contributed by atoms with Crippen molar-refractivity contribution in [2.45, 2.75) is 122 Å². The monoisotopic (exact) mass is 926 g/mol. The van der Waals surface area contributed by atoms with Crippen LogP contribution in [0.25, 0.3) is 11.2 Å². The van der Waals surface area contributed by atoms with Gasteiger partial charge in [0, 0.05) is 19.0 Å². The summed E-state index contributed by atoms with van der Waals surface area (Å²) in [6, 6.07) is 28.1. The number of methoxy groups -OCH3 is 2. The summed E-state index contributed by atoms with van der Waals surface area (Å²) < 4.78 is 51.5. The van der Waals surface area contributed by atoms with Gasteiger partial charge in [-0.15, -0.1) is 0 Å². The average molecular weight is 927 g/mol. The minimum Gasteiger partial charge on any atom is -0.497 e. The topological polar surface area (TPSA) is 164 Å². The van der Waals surface area contributed by atoms with Gasteiger partial charge in [-0.3, -0.25) is 9.36 Å². The first-order valence-electron chi connectivity index (χ1n) is 22.0. The standard InChI is InChI=1S/C48H64N7O8PSi/c1-32(2)55(33(3)4)64(60-28-16-27-49)62-42-40(61-46(43(42)63-65(11,12)47(6,7)8)54-31-52-41-44(53-34(5)56)50-30-51-45(41)54)29-59-48(35-17-14-13-15-18-35,36-19-23-38(57-9)24-20-36)37-21-25-39(58-10)26-22-37/h13-15,17-26,30-33,40,42-43,46H,16,28-29H2,1-12H3,(H,50,51,53,56)/t40-,42-,43-,46-,64?/m1/s1/i50+1. The molecule has 17 heteroatoms. The Kier molecular flexibility index (Phi) is 16.2. The summed E-state index contributed by atoms with van der Waals surface area (Å²) >= 11 is 0. The highest BCUT2D eigenvalue weighted by atomic mass is 31.2. The summed E-state index contributed by atoms with van der Waals surface area (Å²) in [4.78, 5) is 26.0. The first-order valence-corrected chi connectivity index (χ1v) is 26.0. The Labute approximate surface area is 385 Å². The summed E-state index contributed by atoms with van der Waals surface area (Å²) in [6.07, 6.45) is 0.0471. The number of nitrogens with one attached hydrogen (secondary N) is 1. The third-order valence-electron chi connectivity index (χ3n) is 12.0. The zero-order chi connectivity index (χ0) is 47.1. The molecule has 2 aromatic heterocycles. The van der Waals surface area contributed by atoms with Gasteiger partial charge in [0.05, 0.1) is 46.3 Å². The van der Waals surface area contributed by atoms with E-state index in [9.17, 15) is 10.1 Å².